The standard InChI is InChI=1S/C15H19Cl/c16-15(14-9-5-2-6-10-14)12-11-13-7-3-1-4-8-13/h2,5-6,9-10,12-13H,1,3-4,7-8,11H2. The quantitative estimate of drug-likeness (QED) is 0.671. The van der Waals surface area contributed by atoms with Gasteiger partial charge in [-0.1, -0.05) is 80.1 Å². The zero-order chi connectivity index (χ0) is 11.2. The maximum atomic E-state index is 6.29. The molecule has 86 valence electrons. The van der Waals surface area contributed by atoms with Gasteiger partial charge in [-0.05, 0) is 17.9 Å². The topological polar surface area (TPSA) is 0 Å². The molecule has 1 aromatic carbocycles. The summed E-state index contributed by atoms with van der Waals surface area (Å²) in [6.07, 6.45) is 10.3. The molecule has 0 atom stereocenters. The van der Waals surface area contributed by atoms with Crippen LogP contribution in [0.15, 0.2) is 36.4 Å². The largest absolute Gasteiger partial charge is 0.0840 e. The van der Waals surface area contributed by atoms with Crippen LogP contribution in [0.4, 0.5) is 0 Å². The van der Waals surface area contributed by atoms with Crippen molar-refractivity contribution in [3.05, 3.63) is 42.0 Å². The highest BCUT2D eigenvalue weighted by atomic mass is 35.5. The lowest BCUT2D eigenvalue weighted by atomic mass is 9.87. The third-order valence-electron chi connectivity index (χ3n) is 3.40. The molecular weight excluding hydrogens is 216 g/mol. The molecule has 0 aromatic heterocycles. The highest BCUT2D eigenvalue weighted by molar-refractivity contribution is 6.48. The molecule has 0 amide bonds. The van der Waals surface area contributed by atoms with Crippen molar-refractivity contribution in [2.45, 2.75) is 38.5 Å². The Labute approximate surface area is 103 Å². The summed E-state index contributed by atoms with van der Waals surface area (Å²) in [4.78, 5) is 0. The Kier molecular flexibility index (Phi) is 4.47. The van der Waals surface area contributed by atoms with Crippen molar-refractivity contribution in [3.8, 4) is 0 Å². The number of allylic oxidation sites excluding steroid dienone is 1. The first-order chi connectivity index (χ1) is 7.86. The molecule has 1 aliphatic rings. The third-order valence-corrected chi connectivity index (χ3v) is 3.78. The van der Waals surface area contributed by atoms with E-state index in [1.807, 2.05) is 18.2 Å². The predicted molar refractivity (Wildman–Crippen MR) is 71.5 cm³/mol. The first kappa shape index (κ1) is 11.7. The Morgan fingerprint density at radius 2 is 1.81 bits per heavy atom. The molecule has 0 radical (unpaired) electrons. The number of hydrogen-bond acceptors (Lipinski definition) is 0. The van der Waals surface area contributed by atoms with Gasteiger partial charge in [-0.15, -0.1) is 0 Å². The monoisotopic (exact) mass is 234 g/mol. The van der Waals surface area contributed by atoms with E-state index in [9.17, 15) is 0 Å². The van der Waals surface area contributed by atoms with Crippen molar-refractivity contribution in [2.75, 3.05) is 0 Å². The van der Waals surface area contributed by atoms with Crippen LogP contribution in [0, 0.1) is 5.92 Å². The molecule has 0 saturated heterocycles. The zero-order valence-electron chi connectivity index (χ0n) is 9.66. The minimum absolute atomic E-state index is 0.867. The van der Waals surface area contributed by atoms with Gasteiger partial charge in [0.25, 0.3) is 0 Å². The average Bonchev–Trinajstić information content (AvgIpc) is 2.38. The molecule has 2 rings (SSSR count). The molecule has 0 heterocycles. The fraction of sp³-hybridized carbons (Fsp3) is 0.467. The molecule has 1 aliphatic carbocycles. The summed E-state index contributed by atoms with van der Waals surface area (Å²) in [6.45, 7) is 0. The number of benzene rings is 1. The van der Waals surface area contributed by atoms with Crippen LogP contribution in [0.25, 0.3) is 5.03 Å². The van der Waals surface area contributed by atoms with Crippen LogP contribution in [0.5, 0.6) is 0 Å². The van der Waals surface area contributed by atoms with E-state index in [0.717, 1.165) is 22.9 Å². The molecular formula is C15H19Cl. The van der Waals surface area contributed by atoms with Crippen molar-refractivity contribution >= 4 is 16.6 Å². The van der Waals surface area contributed by atoms with E-state index in [-0.39, 0.29) is 0 Å². The highest BCUT2D eigenvalue weighted by Crippen LogP contribution is 2.28. The summed E-state index contributed by atoms with van der Waals surface area (Å²) in [7, 11) is 0. The lowest BCUT2D eigenvalue weighted by Gasteiger charge is -2.19. The lowest BCUT2D eigenvalue weighted by molar-refractivity contribution is 0.361. The van der Waals surface area contributed by atoms with Gasteiger partial charge < -0.3 is 0 Å². The Balaban J connectivity index is 1.91. The van der Waals surface area contributed by atoms with Gasteiger partial charge in [0.05, 0.1) is 0 Å². The normalized spacial score (nSPS) is 18.7. The Morgan fingerprint density at radius 1 is 1.12 bits per heavy atom. The summed E-state index contributed by atoms with van der Waals surface area (Å²) < 4.78 is 0. The highest BCUT2D eigenvalue weighted by Gasteiger charge is 2.12. The van der Waals surface area contributed by atoms with E-state index in [2.05, 4.69) is 18.2 Å². The second-order valence-electron chi connectivity index (χ2n) is 4.66. The molecule has 1 aromatic rings. The van der Waals surface area contributed by atoms with E-state index >= 15 is 0 Å². The van der Waals surface area contributed by atoms with E-state index < -0.39 is 0 Å². The third kappa shape index (κ3) is 3.38. The lowest BCUT2D eigenvalue weighted by Crippen LogP contribution is -2.04. The van der Waals surface area contributed by atoms with E-state index in [1.165, 1.54) is 32.1 Å². The van der Waals surface area contributed by atoms with Gasteiger partial charge in [0.15, 0.2) is 0 Å². The summed E-state index contributed by atoms with van der Waals surface area (Å²) >= 11 is 6.29. The second kappa shape index (κ2) is 6.10. The van der Waals surface area contributed by atoms with Crippen molar-refractivity contribution in [1.82, 2.24) is 0 Å². The smallest absolute Gasteiger partial charge is 0.0438 e. The van der Waals surface area contributed by atoms with Gasteiger partial charge in [-0.2, -0.15) is 0 Å². The van der Waals surface area contributed by atoms with Crippen LogP contribution in [-0.4, -0.2) is 0 Å². The summed E-state index contributed by atoms with van der Waals surface area (Å²) in [5.41, 5.74) is 1.14. The molecule has 1 fully saturated rings. The fourth-order valence-corrected chi connectivity index (χ4v) is 2.62. The van der Waals surface area contributed by atoms with Gasteiger partial charge in [-0.25, -0.2) is 0 Å². The molecule has 0 N–H and O–H groups in total. The number of hydrogen-bond donors (Lipinski definition) is 0. The van der Waals surface area contributed by atoms with Gasteiger partial charge in [0, 0.05) is 5.03 Å². The average molecular weight is 235 g/mol. The van der Waals surface area contributed by atoms with E-state index in [4.69, 9.17) is 11.6 Å². The zero-order valence-corrected chi connectivity index (χ0v) is 10.4. The summed E-state index contributed by atoms with van der Waals surface area (Å²) in [5.74, 6) is 0.867. The van der Waals surface area contributed by atoms with Gasteiger partial charge >= 0.3 is 0 Å². The minimum atomic E-state index is 0.867. The molecule has 1 saturated carbocycles. The van der Waals surface area contributed by atoms with Gasteiger partial charge in [0.2, 0.25) is 0 Å². The van der Waals surface area contributed by atoms with Crippen LogP contribution >= 0.6 is 11.6 Å². The molecule has 0 bridgehead atoms. The van der Waals surface area contributed by atoms with Crippen LogP contribution in [0.2, 0.25) is 0 Å². The Hall–Kier alpha value is -0.750. The molecule has 0 aliphatic heterocycles. The minimum Gasteiger partial charge on any atom is -0.0840 e. The first-order valence-electron chi connectivity index (χ1n) is 6.27. The van der Waals surface area contributed by atoms with Crippen molar-refractivity contribution in [1.29, 1.82) is 0 Å². The molecule has 16 heavy (non-hydrogen) atoms. The second-order valence-corrected chi connectivity index (χ2v) is 5.07. The predicted octanol–water partition coefficient (Wildman–Crippen LogP) is 5.24. The maximum absolute atomic E-state index is 6.29. The van der Waals surface area contributed by atoms with Crippen molar-refractivity contribution in [3.63, 3.8) is 0 Å². The summed E-state index contributed by atoms with van der Waals surface area (Å²) in [5, 5.41) is 0.908. The number of halogens is 1. The Bertz CT molecular complexity index is 334. The fourth-order valence-electron chi connectivity index (χ4n) is 2.41. The Morgan fingerprint density at radius 3 is 2.50 bits per heavy atom. The van der Waals surface area contributed by atoms with Crippen LogP contribution in [-0.2, 0) is 0 Å². The molecule has 0 nitrogen and oxygen atoms in total. The SMILES string of the molecule is ClC(=CCC1CCCCC1)c1ccccc1. The van der Waals surface area contributed by atoms with Gasteiger partial charge in [0.1, 0.15) is 0 Å². The van der Waals surface area contributed by atoms with E-state index in [1.54, 1.807) is 0 Å². The van der Waals surface area contributed by atoms with Crippen LogP contribution in [0.3, 0.4) is 0 Å². The van der Waals surface area contributed by atoms with Crippen LogP contribution < -0.4 is 0 Å². The van der Waals surface area contributed by atoms with Crippen LogP contribution in [0.1, 0.15) is 44.1 Å². The van der Waals surface area contributed by atoms with E-state index in [0.29, 0.717) is 0 Å². The number of rotatable bonds is 3. The molecule has 1 heteroatoms. The van der Waals surface area contributed by atoms with Crippen molar-refractivity contribution in [2.24, 2.45) is 5.92 Å². The molecule has 0 spiro atoms. The molecule has 0 unspecified atom stereocenters. The maximum Gasteiger partial charge on any atom is 0.0438 e. The summed E-state index contributed by atoms with van der Waals surface area (Å²) in [6, 6.07) is 10.2. The van der Waals surface area contributed by atoms with Crippen molar-refractivity contribution < 1.29 is 0 Å². The van der Waals surface area contributed by atoms with Gasteiger partial charge in [-0.3, -0.25) is 0 Å². The first-order valence-corrected chi connectivity index (χ1v) is 6.65.